The number of nitrogens with zero attached hydrogens (tertiary/aromatic N) is 2. The Hall–Kier alpha value is -3.52. The first kappa shape index (κ1) is 22.5. The number of anilines is 2. The smallest absolute Gasteiger partial charge is 0.330 e. The third-order valence-corrected chi connectivity index (χ3v) is 3.33. The number of nitrogen functional groups attached to an aromatic ring is 2. The van der Waals surface area contributed by atoms with E-state index in [1.807, 2.05) is 0 Å². The van der Waals surface area contributed by atoms with Gasteiger partial charge in [-0.2, -0.15) is 0 Å². The highest BCUT2D eigenvalue weighted by atomic mass is 16.5. The van der Waals surface area contributed by atoms with E-state index in [4.69, 9.17) is 21.7 Å². The molecule has 0 unspecified atom stereocenters. The van der Waals surface area contributed by atoms with Gasteiger partial charge in [-0.15, -0.1) is 0 Å². The van der Waals surface area contributed by atoms with Crippen molar-refractivity contribution in [3.63, 3.8) is 0 Å². The Morgan fingerprint density at radius 2 is 1.18 bits per heavy atom. The van der Waals surface area contributed by atoms with Crippen LogP contribution in [0.25, 0.3) is 0 Å². The maximum absolute atomic E-state index is 12.2. The molecule has 0 radical (unpaired) electrons. The monoisotopic (exact) mass is 400 g/mol. The summed E-state index contributed by atoms with van der Waals surface area (Å²) in [6.45, 7) is -1.50. The van der Waals surface area contributed by atoms with Crippen molar-refractivity contribution in [1.29, 1.82) is 0 Å². The zero-order valence-corrected chi connectivity index (χ0v) is 15.0. The summed E-state index contributed by atoms with van der Waals surface area (Å²) in [6, 6.07) is -2.76. The van der Waals surface area contributed by atoms with E-state index in [-0.39, 0.29) is 0 Å². The summed E-state index contributed by atoms with van der Waals surface area (Å²) in [5.74, 6) is -4.87. The Morgan fingerprint density at radius 1 is 0.857 bits per heavy atom. The summed E-state index contributed by atoms with van der Waals surface area (Å²) in [6.07, 6.45) is 0. The number of aromatic nitrogens is 2. The van der Waals surface area contributed by atoms with E-state index < -0.39 is 72.1 Å². The van der Waals surface area contributed by atoms with Gasteiger partial charge in [-0.25, -0.2) is 19.6 Å². The van der Waals surface area contributed by atoms with Crippen LogP contribution in [0.2, 0.25) is 0 Å². The molecule has 0 aromatic carbocycles. The summed E-state index contributed by atoms with van der Waals surface area (Å²) in [5.41, 5.74) is 10.2. The number of amides is 2. The first-order valence-corrected chi connectivity index (χ1v) is 7.62. The van der Waals surface area contributed by atoms with Crippen molar-refractivity contribution in [1.82, 2.24) is 20.6 Å². The summed E-state index contributed by atoms with van der Waals surface area (Å²) in [7, 11) is 2.12. The number of aliphatic hydroxyl groups excluding tert-OH is 2. The van der Waals surface area contributed by atoms with Crippen LogP contribution in [-0.4, -0.2) is 83.5 Å². The van der Waals surface area contributed by atoms with E-state index in [2.05, 4.69) is 30.1 Å². The summed E-state index contributed by atoms with van der Waals surface area (Å²) >= 11 is 0. The lowest BCUT2D eigenvalue weighted by Crippen LogP contribution is -2.45. The molecule has 8 N–H and O–H groups in total. The zero-order chi connectivity index (χ0) is 21.4. The van der Waals surface area contributed by atoms with Gasteiger partial charge >= 0.3 is 11.9 Å². The van der Waals surface area contributed by atoms with Gasteiger partial charge in [0.15, 0.2) is 35.1 Å². The molecule has 0 saturated carbocycles. The minimum Gasteiger partial charge on any atom is -0.467 e. The molecule has 0 aliphatic heterocycles. The first-order valence-electron chi connectivity index (χ1n) is 7.62. The predicted octanol–water partition coefficient (Wildman–Crippen LogP) is -3.83. The fourth-order valence-electron chi connectivity index (χ4n) is 1.89. The van der Waals surface area contributed by atoms with Gasteiger partial charge in [0.1, 0.15) is 0 Å². The lowest BCUT2D eigenvalue weighted by molar-refractivity contribution is -0.144. The molecule has 154 valence electrons. The maximum Gasteiger partial charge on any atom is 0.330 e. The molecule has 14 heteroatoms. The van der Waals surface area contributed by atoms with Crippen LogP contribution in [0.1, 0.15) is 21.0 Å². The molecule has 1 aromatic rings. The molecule has 0 aliphatic carbocycles. The summed E-state index contributed by atoms with van der Waals surface area (Å²) < 4.78 is 8.81. The predicted molar refractivity (Wildman–Crippen MR) is 91.6 cm³/mol. The summed E-state index contributed by atoms with van der Waals surface area (Å²) in [4.78, 5) is 54.5. The molecular weight excluding hydrogens is 380 g/mol. The van der Waals surface area contributed by atoms with E-state index in [9.17, 15) is 19.2 Å². The number of ether oxygens (including phenoxy) is 2. The Balaban J connectivity index is 3.06. The topological polar surface area (TPSA) is 229 Å². The van der Waals surface area contributed by atoms with E-state index in [0.717, 1.165) is 14.2 Å². The second-order valence-electron chi connectivity index (χ2n) is 5.15. The number of carbonyl (C=O) groups is 4. The van der Waals surface area contributed by atoms with Crippen LogP contribution >= 0.6 is 0 Å². The largest absolute Gasteiger partial charge is 0.467 e. The third kappa shape index (κ3) is 5.24. The van der Waals surface area contributed by atoms with Gasteiger partial charge in [0, 0.05) is 0 Å². The van der Waals surface area contributed by atoms with Crippen LogP contribution in [0.15, 0.2) is 0 Å². The van der Waals surface area contributed by atoms with Crippen molar-refractivity contribution in [2.45, 2.75) is 12.1 Å². The van der Waals surface area contributed by atoms with Gasteiger partial charge in [0.2, 0.25) is 0 Å². The van der Waals surface area contributed by atoms with Crippen LogP contribution in [0.4, 0.5) is 11.6 Å². The molecule has 2 atom stereocenters. The van der Waals surface area contributed by atoms with Crippen molar-refractivity contribution in [3.05, 3.63) is 11.4 Å². The number of methoxy groups -OCH3 is 2. The quantitative estimate of drug-likeness (QED) is 0.230. The third-order valence-electron chi connectivity index (χ3n) is 3.33. The van der Waals surface area contributed by atoms with Crippen molar-refractivity contribution in [2.24, 2.45) is 0 Å². The van der Waals surface area contributed by atoms with Gasteiger partial charge in [-0.05, 0) is 0 Å². The SMILES string of the molecule is COC(=O)[C@@H](CO)NC(=O)c1nc(N)c(C(=O)N[C@H](CO)C(=O)OC)nc1N. The molecule has 28 heavy (non-hydrogen) atoms. The second kappa shape index (κ2) is 9.98. The maximum atomic E-state index is 12.2. The minimum atomic E-state index is -1.38. The average molecular weight is 400 g/mol. The van der Waals surface area contributed by atoms with E-state index in [0.29, 0.717) is 0 Å². The molecule has 0 saturated heterocycles. The van der Waals surface area contributed by atoms with Crippen molar-refractivity contribution >= 4 is 35.4 Å². The number of nitrogens with two attached hydrogens (primary N) is 2. The van der Waals surface area contributed by atoms with Crippen molar-refractivity contribution in [2.75, 3.05) is 38.9 Å². The number of esters is 2. The van der Waals surface area contributed by atoms with Gasteiger partial charge < -0.3 is 41.8 Å². The van der Waals surface area contributed by atoms with Gasteiger partial charge in [0.25, 0.3) is 11.8 Å². The van der Waals surface area contributed by atoms with E-state index >= 15 is 0 Å². The minimum absolute atomic E-state index is 0.511. The molecule has 0 spiro atoms. The normalized spacial score (nSPS) is 12.4. The standard InChI is InChI=1S/C14H20N6O8/c1-27-13(25)5(3-21)17-11(23)7-9(15)20-8(10(16)19-7)12(24)18-6(4-22)14(26)28-2/h5-6,21-22H,3-4H2,1-2H3,(H2,16,19)(H2,15,20)(H,17,23)(H,18,24)/t5-,6-/m1/s1. The molecular formula is C14H20N6O8. The highest BCUT2D eigenvalue weighted by Crippen LogP contribution is 2.13. The molecule has 0 bridgehead atoms. The number of hydrogen-bond acceptors (Lipinski definition) is 12. The fraction of sp³-hybridized carbons (Fsp3) is 0.429. The number of hydrogen-bond donors (Lipinski definition) is 6. The lowest BCUT2D eigenvalue weighted by Gasteiger charge is -2.16. The zero-order valence-electron chi connectivity index (χ0n) is 15.0. The highest BCUT2D eigenvalue weighted by molar-refractivity contribution is 6.02. The molecule has 2 amide bonds. The number of aliphatic hydroxyl groups is 2. The Labute approximate surface area is 158 Å². The van der Waals surface area contributed by atoms with Crippen LogP contribution in [0.3, 0.4) is 0 Å². The van der Waals surface area contributed by atoms with E-state index in [1.54, 1.807) is 0 Å². The number of rotatable bonds is 8. The number of carbonyl (C=O) groups excluding carboxylic acids is 4. The molecule has 0 fully saturated rings. The Bertz CT molecular complexity index is 707. The van der Waals surface area contributed by atoms with Crippen molar-refractivity contribution < 1.29 is 38.9 Å². The summed E-state index contributed by atoms with van der Waals surface area (Å²) in [5, 5.41) is 22.5. The Kier molecular flexibility index (Phi) is 8.03. The van der Waals surface area contributed by atoms with Crippen LogP contribution in [0, 0.1) is 0 Å². The Morgan fingerprint density at radius 3 is 1.43 bits per heavy atom. The van der Waals surface area contributed by atoms with Crippen molar-refractivity contribution in [3.8, 4) is 0 Å². The van der Waals surface area contributed by atoms with Crippen LogP contribution < -0.4 is 22.1 Å². The van der Waals surface area contributed by atoms with Gasteiger partial charge in [0.05, 0.1) is 27.4 Å². The lowest BCUT2D eigenvalue weighted by atomic mass is 10.2. The van der Waals surface area contributed by atoms with Crippen LogP contribution in [0.5, 0.6) is 0 Å². The molecule has 1 rings (SSSR count). The van der Waals surface area contributed by atoms with Gasteiger partial charge in [-0.1, -0.05) is 0 Å². The van der Waals surface area contributed by atoms with Gasteiger partial charge in [-0.3, -0.25) is 9.59 Å². The second-order valence-corrected chi connectivity index (χ2v) is 5.15. The average Bonchev–Trinajstić information content (AvgIpc) is 2.69. The molecule has 1 heterocycles. The molecule has 14 nitrogen and oxygen atoms in total. The van der Waals surface area contributed by atoms with Crippen LogP contribution in [-0.2, 0) is 19.1 Å². The highest BCUT2D eigenvalue weighted by Gasteiger charge is 2.27. The molecule has 0 aliphatic rings. The fourth-order valence-corrected chi connectivity index (χ4v) is 1.89. The first-order chi connectivity index (χ1) is 13.2. The number of nitrogens with one attached hydrogen (secondary N) is 2. The molecule has 1 aromatic heterocycles. The van der Waals surface area contributed by atoms with E-state index in [1.165, 1.54) is 0 Å².